The van der Waals surface area contributed by atoms with Gasteiger partial charge in [0.1, 0.15) is 5.75 Å². The van der Waals surface area contributed by atoms with Crippen molar-refractivity contribution in [2.24, 2.45) is 0 Å². The van der Waals surface area contributed by atoms with Crippen LogP contribution in [-0.2, 0) is 11.3 Å². The Balaban J connectivity index is 1.10. The number of piperazine rings is 1. The van der Waals surface area contributed by atoms with Gasteiger partial charge in [-0.25, -0.2) is 0 Å². The fourth-order valence-corrected chi connectivity index (χ4v) is 5.47. The minimum atomic E-state index is -0.687. The molecule has 2 fully saturated rings. The van der Waals surface area contributed by atoms with Crippen molar-refractivity contribution < 1.29 is 19.1 Å². The largest absolute Gasteiger partial charge is 0.462 e. The molecule has 7 heteroatoms. The summed E-state index contributed by atoms with van der Waals surface area (Å²) >= 11 is 0. The molecule has 3 aromatic carbocycles. The summed E-state index contributed by atoms with van der Waals surface area (Å²) in [7, 11) is 2.09. The first kappa shape index (κ1) is 24.6. The number of hydrogen-bond acceptors (Lipinski definition) is 5. The molecule has 0 atom stereocenters. The molecule has 3 aliphatic rings. The molecule has 2 amide bonds. The lowest BCUT2D eigenvalue weighted by Crippen LogP contribution is -2.52. The Kier molecular flexibility index (Phi) is 6.64. The monoisotopic (exact) mass is 511 g/mol. The fourth-order valence-electron chi connectivity index (χ4n) is 5.47. The van der Waals surface area contributed by atoms with Gasteiger partial charge in [-0.2, -0.15) is 0 Å². The van der Waals surface area contributed by atoms with Crippen molar-refractivity contribution in [3.05, 3.63) is 89.5 Å². The van der Waals surface area contributed by atoms with Gasteiger partial charge in [-0.3, -0.25) is 9.59 Å². The number of rotatable bonds is 3. The molecule has 0 N–H and O–H groups in total. The third-order valence-electron chi connectivity index (χ3n) is 7.94. The van der Waals surface area contributed by atoms with Crippen molar-refractivity contribution >= 4 is 11.8 Å². The zero-order valence-electron chi connectivity index (χ0n) is 21.8. The Hall–Kier alpha value is -3.68. The van der Waals surface area contributed by atoms with Gasteiger partial charge in [-0.1, -0.05) is 36.4 Å². The summed E-state index contributed by atoms with van der Waals surface area (Å²) in [6.45, 7) is 5.02. The summed E-state index contributed by atoms with van der Waals surface area (Å²) in [6, 6.07) is 23.4. The lowest BCUT2D eigenvalue weighted by Gasteiger charge is -2.44. The van der Waals surface area contributed by atoms with Gasteiger partial charge in [-0.05, 0) is 54.6 Å². The maximum absolute atomic E-state index is 12.9. The summed E-state index contributed by atoms with van der Waals surface area (Å²) in [6.07, 6.45) is 1.27. The van der Waals surface area contributed by atoms with Crippen molar-refractivity contribution in [2.45, 2.75) is 25.2 Å². The molecular weight excluding hydrogens is 478 g/mol. The molecule has 0 radical (unpaired) electrons. The molecule has 3 aromatic rings. The second-order valence-electron chi connectivity index (χ2n) is 10.5. The van der Waals surface area contributed by atoms with Crippen LogP contribution in [-0.4, -0.2) is 78.6 Å². The van der Waals surface area contributed by atoms with Gasteiger partial charge in [0, 0.05) is 68.8 Å². The minimum Gasteiger partial charge on any atom is -0.462 e. The van der Waals surface area contributed by atoms with Crippen LogP contribution in [0.1, 0.15) is 39.1 Å². The molecule has 2 saturated heterocycles. The molecule has 0 bridgehead atoms. The number of benzene rings is 3. The topological polar surface area (TPSA) is 62.3 Å². The summed E-state index contributed by atoms with van der Waals surface area (Å²) in [5.74, 6) is 0.300. The van der Waals surface area contributed by atoms with Gasteiger partial charge >= 0.3 is 0 Å². The first-order chi connectivity index (χ1) is 18.5. The van der Waals surface area contributed by atoms with Crippen molar-refractivity contribution in [1.82, 2.24) is 14.7 Å². The van der Waals surface area contributed by atoms with E-state index in [0.717, 1.165) is 54.2 Å². The van der Waals surface area contributed by atoms with Gasteiger partial charge in [0.25, 0.3) is 11.8 Å². The molecule has 3 heterocycles. The Morgan fingerprint density at radius 2 is 1.32 bits per heavy atom. The van der Waals surface area contributed by atoms with Gasteiger partial charge in [-0.15, -0.1) is 0 Å². The Labute approximate surface area is 223 Å². The zero-order chi connectivity index (χ0) is 26.1. The van der Waals surface area contributed by atoms with Crippen LogP contribution in [0.5, 0.6) is 5.75 Å². The summed E-state index contributed by atoms with van der Waals surface area (Å²) in [4.78, 5) is 31.7. The number of carbonyl (C=O) groups excluding carboxylic acids is 2. The van der Waals surface area contributed by atoms with Gasteiger partial charge in [0.05, 0.1) is 6.61 Å². The smallest absolute Gasteiger partial charge is 0.253 e. The van der Waals surface area contributed by atoms with E-state index in [0.29, 0.717) is 38.1 Å². The first-order valence-corrected chi connectivity index (χ1v) is 13.4. The third kappa shape index (κ3) is 4.91. The van der Waals surface area contributed by atoms with E-state index in [2.05, 4.69) is 24.1 Å². The van der Waals surface area contributed by atoms with Gasteiger partial charge in [0.15, 0.2) is 0 Å². The minimum absolute atomic E-state index is 0.0533. The number of likely N-dealkylation sites (tertiary alicyclic amines) is 1. The molecule has 0 aliphatic carbocycles. The average Bonchev–Trinajstić information content (AvgIpc) is 2.97. The van der Waals surface area contributed by atoms with Gasteiger partial charge < -0.3 is 24.2 Å². The normalized spacial score (nSPS) is 19.1. The fraction of sp³-hybridized carbons (Fsp3) is 0.355. The Morgan fingerprint density at radius 1 is 0.711 bits per heavy atom. The Bertz CT molecular complexity index is 1310. The van der Waals surface area contributed by atoms with Crippen LogP contribution in [0.2, 0.25) is 0 Å². The van der Waals surface area contributed by atoms with Crippen LogP contribution in [0, 0.1) is 0 Å². The van der Waals surface area contributed by atoms with E-state index in [1.807, 2.05) is 70.5 Å². The lowest BCUT2D eigenvalue weighted by atomic mass is 9.98. The van der Waals surface area contributed by atoms with Crippen LogP contribution < -0.4 is 4.74 Å². The first-order valence-electron chi connectivity index (χ1n) is 13.4. The number of nitrogens with zero attached hydrogens (tertiary/aromatic N) is 3. The lowest BCUT2D eigenvalue weighted by molar-refractivity contribution is -0.225. The SMILES string of the molecule is CN1CCN(C(=O)c2ccc(-c3ccc4c(c3)COC3(CCN(C(=O)c5ccccc5)CC3)O4)cc2)CC1. The molecule has 6 rings (SSSR count). The van der Waals surface area contributed by atoms with Crippen LogP contribution >= 0.6 is 0 Å². The molecule has 38 heavy (non-hydrogen) atoms. The highest BCUT2D eigenvalue weighted by molar-refractivity contribution is 5.95. The standard InChI is InChI=1S/C31H33N3O4/c1-32-17-19-34(20-18-32)30(36)25-9-7-23(8-10-25)26-11-12-28-27(21-26)22-37-31(38-28)13-15-33(16-14-31)29(35)24-5-3-2-4-6-24/h2-12,21H,13-20,22H2,1H3. The van der Waals surface area contributed by atoms with E-state index < -0.39 is 5.79 Å². The molecule has 7 nitrogen and oxygen atoms in total. The van der Waals surface area contributed by atoms with E-state index in [-0.39, 0.29) is 11.8 Å². The van der Waals surface area contributed by atoms with Gasteiger partial charge in [0.2, 0.25) is 5.79 Å². The highest BCUT2D eigenvalue weighted by Gasteiger charge is 2.42. The number of piperidine rings is 1. The second-order valence-corrected chi connectivity index (χ2v) is 10.5. The molecule has 196 valence electrons. The van der Waals surface area contributed by atoms with E-state index in [9.17, 15) is 9.59 Å². The van der Waals surface area contributed by atoms with E-state index in [4.69, 9.17) is 9.47 Å². The number of hydrogen-bond donors (Lipinski definition) is 0. The maximum atomic E-state index is 12.9. The van der Waals surface area contributed by atoms with Crippen molar-refractivity contribution in [3.8, 4) is 16.9 Å². The summed E-state index contributed by atoms with van der Waals surface area (Å²) in [5.41, 5.74) is 4.56. The van der Waals surface area contributed by atoms with Crippen LogP contribution in [0.15, 0.2) is 72.8 Å². The van der Waals surface area contributed by atoms with E-state index in [1.165, 1.54) is 0 Å². The predicted octanol–water partition coefficient (Wildman–Crippen LogP) is 4.28. The quantitative estimate of drug-likeness (QED) is 0.525. The number of ether oxygens (including phenoxy) is 2. The Morgan fingerprint density at radius 3 is 2.00 bits per heavy atom. The predicted molar refractivity (Wildman–Crippen MR) is 145 cm³/mol. The maximum Gasteiger partial charge on any atom is 0.253 e. The van der Waals surface area contributed by atoms with Crippen molar-refractivity contribution in [2.75, 3.05) is 46.3 Å². The number of carbonyl (C=O) groups is 2. The highest BCUT2D eigenvalue weighted by atomic mass is 16.7. The van der Waals surface area contributed by atoms with Crippen molar-refractivity contribution in [3.63, 3.8) is 0 Å². The zero-order valence-corrected chi connectivity index (χ0v) is 21.8. The van der Waals surface area contributed by atoms with Crippen molar-refractivity contribution in [1.29, 1.82) is 0 Å². The second kappa shape index (κ2) is 10.2. The van der Waals surface area contributed by atoms with E-state index >= 15 is 0 Å². The van der Waals surface area contributed by atoms with Crippen LogP contribution in [0.4, 0.5) is 0 Å². The molecule has 0 unspecified atom stereocenters. The molecular formula is C31H33N3O4. The summed E-state index contributed by atoms with van der Waals surface area (Å²) < 4.78 is 12.7. The summed E-state index contributed by atoms with van der Waals surface area (Å²) in [5, 5.41) is 0. The van der Waals surface area contributed by atoms with Crippen LogP contribution in [0.25, 0.3) is 11.1 Å². The molecule has 1 spiro atoms. The average molecular weight is 512 g/mol. The molecule has 0 aromatic heterocycles. The molecule has 3 aliphatic heterocycles. The third-order valence-corrected chi connectivity index (χ3v) is 7.94. The number of fused-ring (bicyclic) bond motifs is 1. The van der Waals surface area contributed by atoms with Crippen LogP contribution in [0.3, 0.4) is 0 Å². The highest BCUT2D eigenvalue weighted by Crippen LogP contribution is 2.39. The molecule has 0 saturated carbocycles. The van der Waals surface area contributed by atoms with E-state index in [1.54, 1.807) is 0 Å². The number of likely N-dealkylation sites (N-methyl/N-ethyl adjacent to an activating group) is 1. The number of amides is 2.